The fourth-order valence-corrected chi connectivity index (χ4v) is 2.60. The number of methoxy groups -OCH3 is 1. The molecule has 0 aliphatic rings. The van der Waals surface area contributed by atoms with E-state index >= 15 is 0 Å². The number of nitrogens with one attached hydrogen (secondary N) is 1. The Morgan fingerprint density at radius 1 is 1.32 bits per heavy atom. The van der Waals surface area contributed by atoms with Crippen molar-refractivity contribution in [3.05, 3.63) is 41.2 Å². The average Bonchev–Trinajstić information content (AvgIpc) is 2.95. The van der Waals surface area contributed by atoms with E-state index in [2.05, 4.69) is 15.5 Å². The molecular formula is C18H20N4O3. The maximum absolute atomic E-state index is 12.8. The summed E-state index contributed by atoms with van der Waals surface area (Å²) >= 11 is 0. The van der Waals surface area contributed by atoms with Gasteiger partial charge in [-0.1, -0.05) is 19.0 Å². The normalized spacial score (nSPS) is 11.1. The lowest BCUT2D eigenvalue weighted by Crippen LogP contribution is -2.14. The van der Waals surface area contributed by atoms with Crippen molar-refractivity contribution in [1.29, 1.82) is 0 Å². The summed E-state index contributed by atoms with van der Waals surface area (Å²) in [6.07, 6.45) is 0. The van der Waals surface area contributed by atoms with Gasteiger partial charge in [0.25, 0.3) is 11.6 Å². The predicted molar refractivity (Wildman–Crippen MR) is 96.0 cm³/mol. The second-order valence-corrected chi connectivity index (χ2v) is 6.11. The number of amides is 1. The maximum Gasteiger partial charge on any atom is 0.259 e. The third-order valence-corrected chi connectivity index (χ3v) is 3.96. The summed E-state index contributed by atoms with van der Waals surface area (Å²) in [5.74, 6) is 0.435. The van der Waals surface area contributed by atoms with Crippen molar-refractivity contribution in [3.63, 3.8) is 0 Å². The summed E-state index contributed by atoms with van der Waals surface area (Å²) in [7, 11) is 1.54. The van der Waals surface area contributed by atoms with Crippen LogP contribution in [0.3, 0.4) is 0 Å². The van der Waals surface area contributed by atoms with Crippen LogP contribution in [0.4, 0.5) is 11.4 Å². The van der Waals surface area contributed by atoms with Crippen LogP contribution in [-0.4, -0.2) is 23.2 Å². The quantitative estimate of drug-likeness (QED) is 0.705. The van der Waals surface area contributed by atoms with Crippen molar-refractivity contribution >= 4 is 28.4 Å². The number of nitrogens with two attached hydrogens (primary N) is 1. The standard InChI is InChI=1S/C18H20N4O3/c1-9(2)14-8-12(16-10(3)22-25-18(16)21-14)17(23)20-11-5-6-15(24-4)13(19)7-11/h5-9H,19H2,1-4H3,(H,20,23). The van der Waals surface area contributed by atoms with Crippen LogP contribution in [0, 0.1) is 6.92 Å². The fourth-order valence-electron chi connectivity index (χ4n) is 2.60. The van der Waals surface area contributed by atoms with Crippen molar-refractivity contribution in [2.45, 2.75) is 26.7 Å². The second-order valence-electron chi connectivity index (χ2n) is 6.11. The molecule has 1 amide bonds. The number of ether oxygens (including phenoxy) is 1. The van der Waals surface area contributed by atoms with Gasteiger partial charge in [-0.05, 0) is 37.1 Å². The molecule has 0 spiro atoms. The summed E-state index contributed by atoms with van der Waals surface area (Å²) < 4.78 is 10.4. The van der Waals surface area contributed by atoms with Crippen LogP contribution >= 0.6 is 0 Å². The van der Waals surface area contributed by atoms with E-state index in [9.17, 15) is 4.79 Å². The van der Waals surface area contributed by atoms with Gasteiger partial charge >= 0.3 is 0 Å². The summed E-state index contributed by atoms with van der Waals surface area (Å²) in [4.78, 5) is 17.3. The van der Waals surface area contributed by atoms with Gasteiger partial charge in [0.1, 0.15) is 5.75 Å². The zero-order valence-corrected chi connectivity index (χ0v) is 14.6. The molecule has 0 radical (unpaired) electrons. The number of pyridine rings is 1. The van der Waals surface area contributed by atoms with Crippen LogP contribution in [0.5, 0.6) is 5.75 Å². The topological polar surface area (TPSA) is 103 Å². The number of rotatable bonds is 4. The Balaban J connectivity index is 2.01. The zero-order chi connectivity index (χ0) is 18.1. The Bertz CT molecular complexity index is 947. The molecule has 0 atom stereocenters. The molecule has 0 saturated heterocycles. The number of nitrogens with zero attached hydrogens (tertiary/aromatic N) is 2. The molecule has 130 valence electrons. The van der Waals surface area contributed by atoms with Crippen LogP contribution in [0.15, 0.2) is 28.8 Å². The number of hydrogen-bond donors (Lipinski definition) is 2. The molecule has 25 heavy (non-hydrogen) atoms. The van der Waals surface area contributed by atoms with Gasteiger partial charge in [0, 0.05) is 11.4 Å². The lowest BCUT2D eigenvalue weighted by Gasteiger charge is -2.11. The first-order valence-corrected chi connectivity index (χ1v) is 7.92. The fraction of sp³-hybridized carbons (Fsp3) is 0.278. The summed E-state index contributed by atoms with van der Waals surface area (Å²) in [6.45, 7) is 5.79. The van der Waals surface area contributed by atoms with Crippen molar-refractivity contribution in [2.75, 3.05) is 18.2 Å². The van der Waals surface area contributed by atoms with E-state index in [1.54, 1.807) is 38.3 Å². The number of aryl methyl sites for hydroxylation is 1. The van der Waals surface area contributed by atoms with Gasteiger partial charge in [-0.15, -0.1) is 0 Å². The van der Waals surface area contributed by atoms with Gasteiger partial charge in [0.2, 0.25) is 0 Å². The third-order valence-electron chi connectivity index (χ3n) is 3.96. The number of hydrogen-bond acceptors (Lipinski definition) is 6. The van der Waals surface area contributed by atoms with Gasteiger partial charge in [-0.25, -0.2) is 4.98 Å². The molecule has 0 bridgehead atoms. The van der Waals surface area contributed by atoms with E-state index in [1.165, 1.54) is 0 Å². The second kappa shape index (κ2) is 6.43. The third kappa shape index (κ3) is 3.13. The van der Waals surface area contributed by atoms with Crippen LogP contribution < -0.4 is 15.8 Å². The summed E-state index contributed by atoms with van der Waals surface area (Å²) in [5.41, 5.74) is 9.15. The van der Waals surface area contributed by atoms with E-state index in [0.717, 1.165) is 5.69 Å². The first-order valence-electron chi connectivity index (χ1n) is 7.92. The minimum atomic E-state index is -0.273. The minimum Gasteiger partial charge on any atom is -0.495 e. The highest BCUT2D eigenvalue weighted by atomic mass is 16.5. The van der Waals surface area contributed by atoms with Gasteiger partial charge < -0.3 is 20.3 Å². The number of anilines is 2. The average molecular weight is 340 g/mol. The Hall–Kier alpha value is -3.09. The van der Waals surface area contributed by atoms with Gasteiger partial charge in [0.05, 0.1) is 29.4 Å². The Morgan fingerprint density at radius 3 is 2.72 bits per heavy atom. The molecule has 0 aliphatic heterocycles. The largest absolute Gasteiger partial charge is 0.495 e. The van der Waals surface area contributed by atoms with Gasteiger partial charge in [-0.2, -0.15) is 0 Å². The molecule has 0 aliphatic carbocycles. The zero-order valence-electron chi connectivity index (χ0n) is 14.6. The Morgan fingerprint density at radius 2 is 2.08 bits per heavy atom. The first kappa shape index (κ1) is 16.8. The van der Waals surface area contributed by atoms with E-state index in [0.29, 0.717) is 39.5 Å². The highest BCUT2D eigenvalue weighted by Gasteiger charge is 2.20. The predicted octanol–water partition coefficient (Wildman–Crippen LogP) is 3.50. The molecule has 0 fully saturated rings. The van der Waals surface area contributed by atoms with Crippen molar-refractivity contribution in [3.8, 4) is 5.75 Å². The van der Waals surface area contributed by atoms with E-state index in [-0.39, 0.29) is 11.8 Å². The smallest absolute Gasteiger partial charge is 0.259 e. The van der Waals surface area contributed by atoms with Crippen LogP contribution in [-0.2, 0) is 0 Å². The lowest BCUT2D eigenvalue weighted by molar-refractivity contribution is 0.102. The lowest BCUT2D eigenvalue weighted by atomic mass is 10.0. The molecule has 2 aromatic heterocycles. The number of fused-ring (bicyclic) bond motifs is 1. The highest BCUT2D eigenvalue weighted by Crippen LogP contribution is 2.28. The first-order chi connectivity index (χ1) is 11.9. The molecular weight excluding hydrogens is 320 g/mol. The Labute approximate surface area is 145 Å². The maximum atomic E-state index is 12.8. The monoisotopic (exact) mass is 340 g/mol. The molecule has 0 saturated carbocycles. The number of carbonyl (C=O) groups excluding carboxylic acids is 1. The Kier molecular flexibility index (Phi) is 4.31. The van der Waals surface area contributed by atoms with Crippen molar-refractivity contribution in [2.24, 2.45) is 0 Å². The van der Waals surface area contributed by atoms with Crippen LogP contribution in [0.1, 0.15) is 41.5 Å². The molecule has 7 heteroatoms. The summed E-state index contributed by atoms with van der Waals surface area (Å²) in [5, 5.41) is 7.40. The van der Waals surface area contributed by atoms with E-state index < -0.39 is 0 Å². The van der Waals surface area contributed by atoms with Crippen LogP contribution in [0.2, 0.25) is 0 Å². The highest BCUT2D eigenvalue weighted by molar-refractivity contribution is 6.12. The molecule has 3 N–H and O–H groups in total. The number of benzene rings is 1. The van der Waals surface area contributed by atoms with E-state index in [1.807, 2.05) is 13.8 Å². The number of carbonyl (C=O) groups is 1. The van der Waals surface area contributed by atoms with E-state index in [4.69, 9.17) is 15.0 Å². The van der Waals surface area contributed by atoms with Crippen molar-refractivity contribution < 1.29 is 14.1 Å². The molecule has 1 aromatic carbocycles. The van der Waals surface area contributed by atoms with Crippen LogP contribution in [0.25, 0.3) is 11.1 Å². The van der Waals surface area contributed by atoms with Gasteiger partial charge in [-0.3, -0.25) is 4.79 Å². The number of nitrogen functional groups attached to an aromatic ring is 1. The minimum absolute atomic E-state index is 0.151. The van der Waals surface area contributed by atoms with Crippen molar-refractivity contribution in [1.82, 2.24) is 10.1 Å². The molecule has 7 nitrogen and oxygen atoms in total. The molecule has 3 aromatic rings. The number of aromatic nitrogens is 2. The summed E-state index contributed by atoms with van der Waals surface area (Å²) in [6, 6.07) is 6.87. The molecule has 2 heterocycles. The molecule has 3 rings (SSSR count). The SMILES string of the molecule is COc1ccc(NC(=O)c2cc(C(C)C)nc3onc(C)c23)cc1N. The van der Waals surface area contributed by atoms with Gasteiger partial charge in [0.15, 0.2) is 0 Å². The molecule has 0 unspecified atom stereocenters.